The van der Waals surface area contributed by atoms with Gasteiger partial charge in [0.25, 0.3) is 5.91 Å². The van der Waals surface area contributed by atoms with Crippen LogP contribution in [0.2, 0.25) is 5.02 Å². The van der Waals surface area contributed by atoms with Crippen molar-refractivity contribution in [3.8, 4) is 6.01 Å². The average Bonchev–Trinajstić information content (AvgIpc) is 3.04. The molecule has 5 aromatic rings. The predicted octanol–water partition coefficient (Wildman–Crippen LogP) is 5.22. The van der Waals surface area contributed by atoms with Crippen molar-refractivity contribution in [3.05, 3.63) is 125 Å². The van der Waals surface area contributed by atoms with Crippen molar-refractivity contribution in [3.63, 3.8) is 0 Å². The third kappa shape index (κ3) is 9.31. The molecule has 228 valence electrons. The molecule has 0 saturated heterocycles. The number of rotatable bonds is 12. The zero-order chi connectivity index (χ0) is 31.6. The SMILES string of the molecule is N=C(N)N[S+]([O-])c1ccc(NC(=O)c2cccc(Nc3nc(NCc4ccc(Cl)cc4)nc(OCc4ccccc4)n3)c2)cc1. The second kappa shape index (κ2) is 14.9. The van der Waals surface area contributed by atoms with Gasteiger partial charge in [0.1, 0.15) is 18.0 Å². The summed E-state index contributed by atoms with van der Waals surface area (Å²) in [6.45, 7) is 0.708. The van der Waals surface area contributed by atoms with Crippen molar-refractivity contribution < 1.29 is 14.1 Å². The number of nitrogens with one attached hydrogen (secondary N) is 5. The van der Waals surface area contributed by atoms with Crippen LogP contribution in [0, 0.1) is 5.41 Å². The maximum absolute atomic E-state index is 13.0. The summed E-state index contributed by atoms with van der Waals surface area (Å²) in [7, 11) is 0. The van der Waals surface area contributed by atoms with E-state index in [2.05, 4.69) is 35.6 Å². The van der Waals surface area contributed by atoms with Gasteiger partial charge in [-0.1, -0.05) is 60.1 Å². The monoisotopic (exact) mass is 641 g/mol. The van der Waals surface area contributed by atoms with Gasteiger partial charge in [-0.05, 0) is 65.7 Å². The van der Waals surface area contributed by atoms with E-state index >= 15 is 0 Å². The van der Waals surface area contributed by atoms with Crippen LogP contribution in [0.4, 0.5) is 23.3 Å². The molecular formula is C31H28ClN9O3S. The Bertz CT molecular complexity index is 1760. The van der Waals surface area contributed by atoms with Gasteiger partial charge in [0, 0.05) is 28.5 Å². The molecule has 12 nitrogen and oxygen atoms in total. The smallest absolute Gasteiger partial charge is 0.323 e. The van der Waals surface area contributed by atoms with Crippen LogP contribution in [0.3, 0.4) is 0 Å². The number of halogens is 1. The number of guanidine groups is 1. The zero-order valence-electron chi connectivity index (χ0n) is 23.7. The minimum Gasteiger partial charge on any atom is -0.588 e. The van der Waals surface area contributed by atoms with E-state index in [1.807, 2.05) is 54.6 Å². The predicted molar refractivity (Wildman–Crippen MR) is 175 cm³/mol. The molecule has 0 bridgehead atoms. The van der Waals surface area contributed by atoms with Gasteiger partial charge in [-0.3, -0.25) is 10.2 Å². The Balaban J connectivity index is 1.29. The number of carbonyl (C=O) groups excluding carboxylic acids is 1. The number of aromatic nitrogens is 3. The molecule has 0 saturated carbocycles. The molecule has 1 unspecified atom stereocenters. The van der Waals surface area contributed by atoms with E-state index in [9.17, 15) is 9.35 Å². The number of ether oxygens (including phenoxy) is 1. The number of anilines is 4. The van der Waals surface area contributed by atoms with Crippen LogP contribution in [0.25, 0.3) is 0 Å². The third-order valence-corrected chi connectivity index (χ3v) is 7.46. The lowest BCUT2D eigenvalue weighted by atomic mass is 10.2. The van der Waals surface area contributed by atoms with Gasteiger partial charge in [0.2, 0.25) is 17.9 Å². The number of benzene rings is 4. The minimum absolute atomic E-state index is 0.117. The highest BCUT2D eigenvalue weighted by Crippen LogP contribution is 2.21. The number of hydrogen-bond acceptors (Lipinski definition) is 9. The Morgan fingerprint density at radius 1 is 0.867 bits per heavy atom. The van der Waals surface area contributed by atoms with Crippen LogP contribution in [-0.2, 0) is 24.5 Å². The third-order valence-electron chi connectivity index (χ3n) is 6.10. The fraction of sp³-hybridized carbons (Fsp3) is 0.0645. The Labute approximate surface area is 267 Å². The molecule has 14 heteroatoms. The summed E-state index contributed by atoms with van der Waals surface area (Å²) in [6.07, 6.45) is 0. The summed E-state index contributed by atoms with van der Waals surface area (Å²) < 4.78 is 20.3. The van der Waals surface area contributed by atoms with Crippen LogP contribution in [-0.4, -0.2) is 31.4 Å². The summed E-state index contributed by atoms with van der Waals surface area (Å²) in [5.41, 5.74) is 8.61. The maximum Gasteiger partial charge on any atom is 0.323 e. The number of amides is 1. The second-order valence-corrected chi connectivity index (χ2v) is 11.1. The van der Waals surface area contributed by atoms with Crippen LogP contribution in [0.15, 0.2) is 108 Å². The van der Waals surface area contributed by atoms with Crippen molar-refractivity contribution in [1.82, 2.24) is 19.7 Å². The van der Waals surface area contributed by atoms with Crippen LogP contribution in [0.5, 0.6) is 6.01 Å². The van der Waals surface area contributed by atoms with Crippen LogP contribution >= 0.6 is 11.6 Å². The Hall–Kier alpha value is -5.37. The van der Waals surface area contributed by atoms with E-state index in [0.717, 1.165) is 11.1 Å². The summed E-state index contributed by atoms with van der Waals surface area (Å²) in [5, 5.41) is 17.0. The summed E-state index contributed by atoms with van der Waals surface area (Å²) >= 11 is 4.33. The molecule has 0 aliphatic rings. The van der Waals surface area contributed by atoms with Crippen molar-refractivity contribution >= 4 is 58.1 Å². The molecule has 0 spiro atoms. The molecule has 1 aromatic heterocycles. The molecule has 1 amide bonds. The van der Waals surface area contributed by atoms with Gasteiger partial charge in [-0.25, -0.2) is 0 Å². The molecule has 5 rings (SSSR count). The molecular weight excluding hydrogens is 614 g/mol. The fourth-order valence-corrected chi connectivity index (χ4v) is 4.78. The topological polar surface area (TPSA) is 186 Å². The van der Waals surface area contributed by atoms with Crippen LogP contribution in [0.1, 0.15) is 21.5 Å². The van der Waals surface area contributed by atoms with Gasteiger partial charge in [0.15, 0.2) is 4.90 Å². The number of nitrogens with two attached hydrogens (primary N) is 1. The Kier molecular flexibility index (Phi) is 10.3. The lowest BCUT2D eigenvalue weighted by Crippen LogP contribution is -2.35. The first-order valence-corrected chi connectivity index (χ1v) is 15.1. The number of nitrogens with zero attached hydrogens (tertiary/aromatic N) is 3. The summed E-state index contributed by atoms with van der Waals surface area (Å²) in [4.78, 5) is 26.8. The molecule has 1 heterocycles. The van der Waals surface area contributed by atoms with Crippen molar-refractivity contribution in [2.45, 2.75) is 18.0 Å². The molecule has 0 fully saturated rings. The first-order chi connectivity index (χ1) is 21.8. The average molecular weight is 642 g/mol. The fourth-order valence-electron chi connectivity index (χ4n) is 3.95. The van der Waals surface area contributed by atoms with Gasteiger partial charge in [0.05, 0.1) is 0 Å². The molecule has 0 aliphatic heterocycles. The molecule has 4 aromatic carbocycles. The number of hydrogen-bond donors (Lipinski definition) is 6. The lowest BCUT2D eigenvalue weighted by molar-refractivity contribution is 0.102. The van der Waals surface area contributed by atoms with Gasteiger partial charge >= 0.3 is 6.01 Å². The molecule has 0 aliphatic carbocycles. The highest BCUT2D eigenvalue weighted by atomic mass is 35.5. The van der Waals surface area contributed by atoms with E-state index < -0.39 is 17.3 Å². The Morgan fingerprint density at radius 3 is 2.33 bits per heavy atom. The van der Waals surface area contributed by atoms with Gasteiger partial charge in [-0.2, -0.15) is 19.7 Å². The highest BCUT2D eigenvalue weighted by Gasteiger charge is 2.14. The molecule has 0 radical (unpaired) electrons. The number of carbonyl (C=O) groups is 1. The molecule has 45 heavy (non-hydrogen) atoms. The molecule has 1 atom stereocenters. The van der Waals surface area contributed by atoms with E-state index in [0.29, 0.717) is 39.3 Å². The highest BCUT2D eigenvalue weighted by molar-refractivity contribution is 7.90. The van der Waals surface area contributed by atoms with E-state index in [1.165, 1.54) is 0 Å². The van der Waals surface area contributed by atoms with E-state index in [-0.39, 0.29) is 24.5 Å². The zero-order valence-corrected chi connectivity index (χ0v) is 25.2. The first kappa shape index (κ1) is 31.1. The van der Waals surface area contributed by atoms with E-state index in [1.54, 1.807) is 48.5 Å². The Morgan fingerprint density at radius 2 is 1.60 bits per heavy atom. The quantitative estimate of drug-likeness (QED) is 0.0599. The van der Waals surface area contributed by atoms with Crippen molar-refractivity contribution in [2.24, 2.45) is 5.73 Å². The van der Waals surface area contributed by atoms with Gasteiger partial charge in [-0.15, -0.1) is 0 Å². The standard InChI is InChI=1S/C31H28ClN9O3S/c32-23-11-9-20(10-12-23)18-35-29-38-30(40-31(39-29)44-19-21-5-2-1-3-6-21)37-25-8-4-7-22(17-25)27(42)36-24-13-15-26(16-14-24)45(43)41-28(33)34/h1-17H,18-19H2,(H,36,42)(H4,33,34,41)(H2,35,37,38,39,40). The van der Waals surface area contributed by atoms with Crippen molar-refractivity contribution in [2.75, 3.05) is 16.0 Å². The largest absolute Gasteiger partial charge is 0.588 e. The van der Waals surface area contributed by atoms with E-state index in [4.69, 9.17) is 27.5 Å². The summed E-state index contributed by atoms with van der Waals surface area (Å²) in [6, 6.07) is 30.4. The normalized spacial score (nSPS) is 11.2. The molecule has 7 N–H and O–H groups in total. The van der Waals surface area contributed by atoms with Crippen LogP contribution < -0.4 is 31.1 Å². The minimum atomic E-state index is -1.68. The van der Waals surface area contributed by atoms with Crippen molar-refractivity contribution in [1.29, 1.82) is 5.41 Å². The van der Waals surface area contributed by atoms with Gasteiger partial charge < -0.3 is 31.0 Å². The second-order valence-electron chi connectivity index (χ2n) is 9.49. The summed E-state index contributed by atoms with van der Waals surface area (Å²) in [5.74, 6) is -0.255. The maximum atomic E-state index is 13.0. The lowest BCUT2D eigenvalue weighted by Gasteiger charge is -2.12. The first-order valence-electron chi connectivity index (χ1n) is 13.5.